The van der Waals surface area contributed by atoms with E-state index in [1.807, 2.05) is 9.80 Å². The topological polar surface area (TPSA) is 66.6 Å². The third-order valence-electron chi connectivity index (χ3n) is 3.90. The van der Waals surface area contributed by atoms with Crippen LogP contribution in [0.2, 0.25) is 0 Å². The summed E-state index contributed by atoms with van der Waals surface area (Å²) in [6, 6.07) is 0. The summed E-state index contributed by atoms with van der Waals surface area (Å²) in [6.45, 7) is 3.67. The molecule has 18 heavy (non-hydrogen) atoms. The van der Waals surface area contributed by atoms with E-state index < -0.39 is 0 Å². The van der Waals surface area contributed by atoms with E-state index >= 15 is 0 Å². The van der Waals surface area contributed by atoms with Crippen molar-refractivity contribution in [1.82, 2.24) is 9.80 Å². The number of carbonyl (C=O) groups is 2. The summed E-state index contributed by atoms with van der Waals surface area (Å²) in [7, 11) is 0. The van der Waals surface area contributed by atoms with Crippen molar-refractivity contribution in [3.05, 3.63) is 0 Å². The Balaban J connectivity index is 1.87. The zero-order valence-corrected chi connectivity index (χ0v) is 10.9. The first-order valence-corrected chi connectivity index (χ1v) is 6.96. The fourth-order valence-electron chi connectivity index (χ4n) is 2.99. The number of carbonyl (C=O) groups excluding carboxylic acids is 2. The van der Waals surface area contributed by atoms with Gasteiger partial charge in [0.25, 0.3) is 0 Å². The average Bonchev–Trinajstić information content (AvgIpc) is 2.38. The van der Waals surface area contributed by atoms with Crippen molar-refractivity contribution in [2.45, 2.75) is 32.1 Å². The van der Waals surface area contributed by atoms with E-state index in [0.717, 1.165) is 45.3 Å². The van der Waals surface area contributed by atoms with Crippen molar-refractivity contribution in [1.29, 1.82) is 0 Å². The van der Waals surface area contributed by atoms with E-state index in [9.17, 15) is 9.59 Å². The summed E-state index contributed by atoms with van der Waals surface area (Å²) in [5.41, 5.74) is 5.21. The molecule has 2 fully saturated rings. The van der Waals surface area contributed by atoms with Gasteiger partial charge >= 0.3 is 0 Å². The van der Waals surface area contributed by atoms with Gasteiger partial charge in [-0.3, -0.25) is 14.5 Å². The third-order valence-corrected chi connectivity index (χ3v) is 3.90. The molecule has 0 aromatic carbocycles. The molecule has 1 atom stereocenters. The Morgan fingerprint density at radius 2 is 1.78 bits per heavy atom. The number of hydrogen-bond donors (Lipinski definition) is 1. The number of hydrogen-bond acceptors (Lipinski definition) is 3. The highest BCUT2D eigenvalue weighted by Crippen LogP contribution is 2.20. The minimum atomic E-state index is -0.305. The molecule has 0 radical (unpaired) electrons. The van der Waals surface area contributed by atoms with E-state index in [2.05, 4.69) is 0 Å². The predicted octanol–water partition coefficient (Wildman–Crippen LogP) is 0.196. The summed E-state index contributed by atoms with van der Waals surface area (Å²) in [5.74, 6) is 0.0427. The molecule has 2 aliphatic rings. The van der Waals surface area contributed by atoms with Gasteiger partial charge in [0.2, 0.25) is 11.8 Å². The first kappa shape index (κ1) is 13.3. The van der Waals surface area contributed by atoms with Crippen molar-refractivity contribution in [2.75, 3.05) is 32.7 Å². The Kier molecular flexibility index (Phi) is 4.58. The fourth-order valence-corrected chi connectivity index (χ4v) is 2.99. The maximum Gasteiger partial charge on any atom is 0.231 e. The number of amides is 2. The van der Waals surface area contributed by atoms with Crippen LogP contribution in [0, 0.1) is 5.92 Å². The maximum atomic E-state index is 12.4. The van der Waals surface area contributed by atoms with Crippen LogP contribution >= 0.6 is 0 Å². The molecule has 1 unspecified atom stereocenters. The van der Waals surface area contributed by atoms with Crippen LogP contribution in [-0.4, -0.2) is 54.3 Å². The molecule has 2 saturated heterocycles. The van der Waals surface area contributed by atoms with Crippen molar-refractivity contribution in [3.8, 4) is 0 Å². The van der Waals surface area contributed by atoms with Crippen molar-refractivity contribution < 1.29 is 9.59 Å². The summed E-state index contributed by atoms with van der Waals surface area (Å²) in [6.07, 6.45) is 5.43. The number of primary amides is 1. The van der Waals surface area contributed by atoms with E-state index in [1.165, 1.54) is 6.42 Å². The highest BCUT2D eigenvalue weighted by molar-refractivity contribution is 5.79. The van der Waals surface area contributed by atoms with Crippen LogP contribution in [0.3, 0.4) is 0 Å². The Morgan fingerprint density at radius 1 is 1.06 bits per heavy atom. The average molecular weight is 253 g/mol. The molecule has 0 saturated carbocycles. The number of piperidine rings is 2. The SMILES string of the molecule is NC(=O)CN1CCCC(C(=O)N2CCCCC2)C1. The van der Waals surface area contributed by atoms with Crippen LogP contribution in [-0.2, 0) is 9.59 Å². The molecule has 5 heteroatoms. The molecule has 102 valence electrons. The molecule has 0 aromatic heterocycles. The molecule has 0 bridgehead atoms. The molecule has 0 spiro atoms. The Labute approximate surface area is 108 Å². The van der Waals surface area contributed by atoms with Gasteiger partial charge in [-0.05, 0) is 38.6 Å². The lowest BCUT2D eigenvalue weighted by Gasteiger charge is -2.35. The van der Waals surface area contributed by atoms with Gasteiger partial charge in [0, 0.05) is 19.6 Å². The second-order valence-corrected chi connectivity index (χ2v) is 5.43. The zero-order chi connectivity index (χ0) is 13.0. The lowest BCUT2D eigenvalue weighted by atomic mass is 9.95. The number of likely N-dealkylation sites (tertiary alicyclic amines) is 2. The Hall–Kier alpha value is -1.10. The second-order valence-electron chi connectivity index (χ2n) is 5.43. The van der Waals surface area contributed by atoms with Gasteiger partial charge in [-0.15, -0.1) is 0 Å². The van der Waals surface area contributed by atoms with Gasteiger partial charge in [-0.1, -0.05) is 0 Å². The van der Waals surface area contributed by atoms with Gasteiger partial charge in [0.15, 0.2) is 0 Å². The number of rotatable bonds is 3. The summed E-state index contributed by atoms with van der Waals surface area (Å²) >= 11 is 0. The van der Waals surface area contributed by atoms with E-state index in [0.29, 0.717) is 6.54 Å². The van der Waals surface area contributed by atoms with E-state index in [1.54, 1.807) is 0 Å². The summed E-state index contributed by atoms with van der Waals surface area (Å²) in [5, 5.41) is 0. The second kappa shape index (κ2) is 6.18. The standard InChI is InChI=1S/C13H23N3O2/c14-12(17)10-15-6-4-5-11(9-15)13(18)16-7-2-1-3-8-16/h11H,1-10H2,(H2,14,17). The van der Waals surface area contributed by atoms with Crippen LogP contribution in [0.4, 0.5) is 0 Å². The first-order valence-electron chi connectivity index (χ1n) is 6.96. The number of nitrogens with zero attached hydrogens (tertiary/aromatic N) is 2. The molecule has 2 N–H and O–H groups in total. The molecule has 2 heterocycles. The summed E-state index contributed by atoms with van der Waals surface area (Å²) < 4.78 is 0. The lowest BCUT2D eigenvalue weighted by molar-refractivity contribution is -0.138. The molecule has 5 nitrogen and oxygen atoms in total. The number of nitrogens with two attached hydrogens (primary N) is 1. The van der Waals surface area contributed by atoms with Crippen molar-refractivity contribution in [3.63, 3.8) is 0 Å². The van der Waals surface area contributed by atoms with Crippen molar-refractivity contribution in [2.24, 2.45) is 11.7 Å². The van der Waals surface area contributed by atoms with Gasteiger partial charge in [-0.25, -0.2) is 0 Å². The van der Waals surface area contributed by atoms with Crippen LogP contribution < -0.4 is 5.73 Å². The van der Waals surface area contributed by atoms with Gasteiger partial charge < -0.3 is 10.6 Å². The zero-order valence-electron chi connectivity index (χ0n) is 10.9. The molecule has 2 aliphatic heterocycles. The van der Waals surface area contributed by atoms with E-state index in [4.69, 9.17) is 5.73 Å². The van der Waals surface area contributed by atoms with Gasteiger partial charge in [-0.2, -0.15) is 0 Å². The van der Waals surface area contributed by atoms with Crippen LogP contribution in [0.15, 0.2) is 0 Å². The smallest absolute Gasteiger partial charge is 0.231 e. The maximum absolute atomic E-state index is 12.4. The van der Waals surface area contributed by atoms with E-state index in [-0.39, 0.29) is 24.3 Å². The normalized spacial score (nSPS) is 26.0. The monoisotopic (exact) mass is 253 g/mol. The molecule has 2 rings (SSSR count). The lowest BCUT2D eigenvalue weighted by Crippen LogP contribution is -2.48. The van der Waals surface area contributed by atoms with Crippen LogP contribution in [0.1, 0.15) is 32.1 Å². The van der Waals surface area contributed by atoms with Gasteiger partial charge in [0.05, 0.1) is 12.5 Å². The first-order chi connectivity index (χ1) is 8.66. The molecular formula is C13H23N3O2. The van der Waals surface area contributed by atoms with Crippen LogP contribution in [0.25, 0.3) is 0 Å². The Morgan fingerprint density at radius 3 is 2.44 bits per heavy atom. The molecular weight excluding hydrogens is 230 g/mol. The highest BCUT2D eigenvalue weighted by atomic mass is 16.2. The molecule has 0 aromatic rings. The fraction of sp³-hybridized carbons (Fsp3) is 0.846. The third kappa shape index (κ3) is 3.45. The molecule has 2 amide bonds. The Bertz CT molecular complexity index is 313. The highest BCUT2D eigenvalue weighted by Gasteiger charge is 2.30. The molecule has 0 aliphatic carbocycles. The van der Waals surface area contributed by atoms with Gasteiger partial charge in [0.1, 0.15) is 0 Å². The van der Waals surface area contributed by atoms with Crippen molar-refractivity contribution >= 4 is 11.8 Å². The summed E-state index contributed by atoms with van der Waals surface area (Å²) in [4.78, 5) is 27.3. The quantitative estimate of drug-likeness (QED) is 0.781. The minimum absolute atomic E-state index is 0.0659. The minimum Gasteiger partial charge on any atom is -0.369 e. The van der Waals surface area contributed by atoms with Crippen LogP contribution in [0.5, 0.6) is 0 Å². The predicted molar refractivity (Wildman–Crippen MR) is 68.8 cm³/mol. The largest absolute Gasteiger partial charge is 0.369 e.